The minimum absolute atomic E-state index is 0.0329. The first-order chi connectivity index (χ1) is 18.3. The highest BCUT2D eigenvalue weighted by Crippen LogP contribution is 2.44. The van der Waals surface area contributed by atoms with Crippen LogP contribution in [0.15, 0.2) is 48.5 Å². The Balaban J connectivity index is 0.000000260. The van der Waals surface area contributed by atoms with Gasteiger partial charge in [-0.3, -0.25) is 9.59 Å². The summed E-state index contributed by atoms with van der Waals surface area (Å²) in [6.07, 6.45) is 2.26. The van der Waals surface area contributed by atoms with Crippen LogP contribution in [0.3, 0.4) is 0 Å². The number of hydrogen-bond acceptors (Lipinski definition) is 6. The van der Waals surface area contributed by atoms with Crippen molar-refractivity contribution >= 4 is 36.5 Å². The number of carboxylic acids is 1. The first-order valence-corrected chi connectivity index (χ1v) is 13.5. The standard InChI is InChI=1S/C20H21NO4.C8H14N2O2S/c1-2-7-18(19(22)23)21-20(24)25-12-17-15-10-5-3-8-13(15)14-9-4-6-11-16(14)17;9-8(12)6(3-5-13)10-4-1-2-7(10)11/h3-6,8-11,17-18H,2,7,12H2,1H3,(H,21,24)(H,22,23);6,13H,1-5H2,(H2,9,12)/t18-;/m1./s1. The highest BCUT2D eigenvalue weighted by atomic mass is 32.1. The molecule has 2 aromatic carbocycles. The summed E-state index contributed by atoms with van der Waals surface area (Å²) in [5.41, 5.74) is 9.76. The van der Waals surface area contributed by atoms with Crippen LogP contribution in [-0.2, 0) is 19.1 Å². The number of benzene rings is 2. The van der Waals surface area contributed by atoms with Crippen molar-refractivity contribution in [3.8, 4) is 11.1 Å². The second-order valence-electron chi connectivity index (χ2n) is 9.27. The van der Waals surface area contributed by atoms with Gasteiger partial charge in [-0.15, -0.1) is 0 Å². The normalized spacial score (nSPS) is 15.5. The molecular formula is C28H35N3O6S. The number of likely N-dealkylation sites (tertiary alicyclic amines) is 1. The molecule has 0 aromatic heterocycles. The number of alkyl carbamates (subject to hydrolysis) is 1. The predicted molar refractivity (Wildman–Crippen MR) is 147 cm³/mol. The molecule has 38 heavy (non-hydrogen) atoms. The molecule has 0 saturated carbocycles. The summed E-state index contributed by atoms with van der Waals surface area (Å²) >= 11 is 4.03. The van der Waals surface area contributed by atoms with E-state index in [1.165, 1.54) is 0 Å². The summed E-state index contributed by atoms with van der Waals surface area (Å²) in [5, 5.41) is 11.6. The molecule has 4 rings (SSSR count). The van der Waals surface area contributed by atoms with Gasteiger partial charge in [-0.2, -0.15) is 12.6 Å². The van der Waals surface area contributed by atoms with Gasteiger partial charge >= 0.3 is 12.1 Å². The van der Waals surface area contributed by atoms with Crippen LogP contribution < -0.4 is 11.1 Å². The van der Waals surface area contributed by atoms with E-state index in [0.29, 0.717) is 38.0 Å². The van der Waals surface area contributed by atoms with Gasteiger partial charge in [-0.25, -0.2) is 9.59 Å². The minimum Gasteiger partial charge on any atom is -0.480 e. The molecule has 1 aliphatic carbocycles. The molecule has 1 fully saturated rings. The van der Waals surface area contributed by atoms with Crippen LogP contribution in [0.4, 0.5) is 4.79 Å². The molecule has 2 atom stereocenters. The molecule has 0 radical (unpaired) electrons. The van der Waals surface area contributed by atoms with Gasteiger partial charge in [-0.05, 0) is 47.3 Å². The van der Waals surface area contributed by atoms with E-state index in [9.17, 15) is 19.2 Å². The number of carboxylic acid groups (broad SMARTS) is 1. The van der Waals surface area contributed by atoms with Crippen molar-refractivity contribution in [2.24, 2.45) is 5.73 Å². The molecule has 1 aliphatic heterocycles. The lowest BCUT2D eigenvalue weighted by Gasteiger charge is -2.24. The number of nitrogens with zero attached hydrogens (tertiary/aromatic N) is 1. The smallest absolute Gasteiger partial charge is 0.407 e. The molecule has 0 spiro atoms. The topological polar surface area (TPSA) is 139 Å². The number of primary amides is 1. The Morgan fingerprint density at radius 3 is 2.18 bits per heavy atom. The Bertz CT molecular complexity index is 1110. The highest BCUT2D eigenvalue weighted by Gasteiger charge is 2.31. The van der Waals surface area contributed by atoms with Crippen LogP contribution in [0, 0.1) is 0 Å². The lowest BCUT2D eigenvalue weighted by atomic mass is 9.98. The molecule has 0 bridgehead atoms. The molecule has 2 aliphatic rings. The number of rotatable bonds is 10. The molecule has 1 saturated heterocycles. The van der Waals surface area contributed by atoms with Crippen LogP contribution >= 0.6 is 12.6 Å². The largest absolute Gasteiger partial charge is 0.480 e. The summed E-state index contributed by atoms with van der Waals surface area (Å²) in [5.74, 6) is -0.907. The SMILES string of the molecule is CCC[C@@H](NC(=O)OCC1c2ccccc2-c2ccccc21)C(=O)O.NC(=O)C(CCS)N1CCCC1=O. The number of thiol groups is 1. The van der Waals surface area contributed by atoms with Gasteiger partial charge < -0.3 is 25.8 Å². The van der Waals surface area contributed by atoms with Gasteiger partial charge in [0.2, 0.25) is 11.8 Å². The van der Waals surface area contributed by atoms with Crippen molar-refractivity contribution in [3.05, 3.63) is 59.7 Å². The van der Waals surface area contributed by atoms with Crippen molar-refractivity contribution < 1.29 is 29.0 Å². The average molecular weight is 542 g/mol. The minimum atomic E-state index is -1.05. The van der Waals surface area contributed by atoms with Crippen LogP contribution in [0.2, 0.25) is 0 Å². The molecule has 1 unspecified atom stereocenters. The number of aliphatic carboxylic acids is 1. The molecule has 2 aromatic rings. The van der Waals surface area contributed by atoms with Crippen molar-refractivity contribution in [2.75, 3.05) is 18.9 Å². The molecule has 204 valence electrons. The fourth-order valence-electron chi connectivity index (χ4n) is 4.90. The summed E-state index contributed by atoms with van der Waals surface area (Å²) in [7, 11) is 0. The average Bonchev–Trinajstić information content (AvgIpc) is 3.46. The Labute approximate surface area is 228 Å². The van der Waals surface area contributed by atoms with Gasteiger partial charge in [0, 0.05) is 18.9 Å². The van der Waals surface area contributed by atoms with Crippen LogP contribution in [0.5, 0.6) is 0 Å². The maximum absolute atomic E-state index is 12.0. The lowest BCUT2D eigenvalue weighted by molar-refractivity contribution is -0.139. The van der Waals surface area contributed by atoms with Crippen molar-refractivity contribution in [2.45, 2.75) is 57.0 Å². The molecule has 9 nitrogen and oxygen atoms in total. The summed E-state index contributed by atoms with van der Waals surface area (Å²) < 4.78 is 5.35. The molecule has 3 amide bonds. The zero-order chi connectivity index (χ0) is 27.7. The first kappa shape index (κ1) is 29.0. The van der Waals surface area contributed by atoms with E-state index in [1.807, 2.05) is 43.3 Å². The Morgan fingerprint density at radius 1 is 1.11 bits per heavy atom. The number of ether oxygens (including phenoxy) is 1. The maximum Gasteiger partial charge on any atom is 0.407 e. The van der Waals surface area contributed by atoms with Gasteiger partial charge in [-0.1, -0.05) is 61.9 Å². The number of nitrogens with two attached hydrogens (primary N) is 1. The van der Waals surface area contributed by atoms with E-state index in [-0.39, 0.29) is 18.4 Å². The maximum atomic E-state index is 12.0. The van der Waals surface area contributed by atoms with E-state index in [1.54, 1.807) is 4.90 Å². The third kappa shape index (κ3) is 7.06. The zero-order valence-electron chi connectivity index (χ0n) is 21.5. The number of hydrogen-bond donors (Lipinski definition) is 4. The van der Waals surface area contributed by atoms with Crippen molar-refractivity contribution in [3.63, 3.8) is 0 Å². The fraction of sp³-hybridized carbons (Fsp3) is 0.429. The summed E-state index contributed by atoms with van der Waals surface area (Å²) in [4.78, 5) is 47.0. The van der Waals surface area contributed by atoms with Crippen LogP contribution in [0.25, 0.3) is 11.1 Å². The second kappa shape index (κ2) is 13.9. The van der Waals surface area contributed by atoms with E-state index < -0.39 is 30.1 Å². The Hall–Kier alpha value is -3.53. The highest BCUT2D eigenvalue weighted by molar-refractivity contribution is 7.80. The lowest BCUT2D eigenvalue weighted by Crippen LogP contribution is -2.45. The molecular weight excluding hydrogens is 506 g/mol. The third-order valence-electron chi connectivity index (χ3n) is 6.73. The molecule has 4 N–H and O–H groups in total. The number of carbonyl (C=O) groups is 4. The third-order valence-corrected chi connectivity index (χ3v) is 6.99. The van der Waals surface area contributed by atoms with Gasteiger partial charge in [0.1, 0.15) is 18.7 Å². The van der Waals surface area contributed by atoms with E-state index in [0.717, 1.165) is 28.7 Å². The molecule has 10 heteroatoms. The van der Waals surface area contributed by atoms with E-state index >= 15 is 0 Å². The van der Waals surface area contributed by atoms with Gasteiger partial charge in [0.25, 0.3) is 0 Å². The second-order valence-corrected chi connectivity index (χ2v) is 9.72. The summed E-state index contributed by atoms with van der Waals surface area (Å²) in [6.45, 7) is 2.70. The van der Waals surface area contributed by atoms with Crippen LogP contribution in [-0.4, -0.2) is 64.9 Å². The van der Waals surface area contributed by atoms with Crippen molar-refractivity contribution in [1.82, 2.24) is 10.2 Å². The predicted octanol–water partition coefficient (Wildman–Crippen LogP) is 3.56. The quantitative estimate of drug-likeness (QED) is 0.339. The molecule has 1 heterocycles. The number of amides is 3. The van der Waals surface area contributed by atoms with Gasteiger partial charge in [0.15, 0.2) is 0 Å². The first-order valence-electron chi connectivity index (χ1n) is 12.8. The fourth-order valence-corrected chi connectivity index (χ4v) is 5.15. The van der Waals surface area contributed by atoms with E-state index in [4.69, 9.17) is 15.6 Å². The Morgan fingerprint density at radius 2 is 1.71 bits per heavy atom. The number of fused-ring (bicyclic) bond motifs is 3. The van der Waals surface area contributed by atoms with Crippen LogP contribution in [0.1, 0.15) is 56.1 Å². The van der Waals surface area contributed by atoms with Gasteiger partial charge in [0.05, 0.1) is 0 Å². The monoisotopic (exact) mass is 541 g/mol. The number of nitrogens with one attached hydrogen (secondary N) is 1. The summed E-state index contributed by atoms with van der Waals surface area (Å²) in [6, 6.07) is 14.8. The Kier molecular flexibility index (Phi) is 10.6. The van der Waals surface area contributed by atoms with Crippen molar-refractivity contribution in [1.29, 1.82) is 0 Å². The number of carbonyl (C=O) groups excluding carboxylic acids is 3. The van der Waals surface area contributed by atoms with E-state index in [2.05, 4.69) is 30.1 Å². The zero-order valence-corrected chi connectivity index (χ0v) is 22.4.